The third kappa shape index (κ3) is 4.52. The summed E-state index contributed by atoms with van der Waals surface area (Å²) >= 11 is 0. The number of rotatable bonds is 5. The lowest BCUT2D eigenvalue weighted by atomic mass is 9.92. The minimum absolute atomic E-state index is 0.101. The van der Waals surface area contributed by atoms with Crippen molar-refractivity contribution in [2.24, 2.45) is 5.92 Å². The molecule has 6 nitrogen and oxygen atoms in total. The summed E-state index contributed by atoms with van der Waals surface area (Å²) in [5.41, 5.74) is 2.46. The van der Waals surface area contributed by atoms with Gasteiger partial charge in [0.2, 0.25) is 15.9 Å². The highest BCUT2D eigenvalue weighted by atomic mass is 32.2. The molecule has 0 spiro atoms. The van der Waals surface area contributed by atoms with E-state index in [2.05, 4.69) is 0 Å². The minimum atomic E-state index is -3.50. The summed E-state index contributed by atoms with van der Waals surface area (Å²) in [6.07, 6.45) is 7.70. The van der Waals surface area contributed by atoms with Crippen molar-refractivity contribution in [3.63, 3.8) is 0 Å². The summed E-state index contributed by atoms with van der Waals surface area (Å²) in [6.45, 7) is 2.23. The van der Waals surface area contributed by atoms with Crippen LogP contribution in [-0.4, -0.2) is 62.9 Å². The molecule has 0 N–H and O–H groups in total. The highest BCUT2D eigenvalue weighted by Crippen LogP contribution is 2.29. The maximum absolute atomic E-state index is 13.1. The fraction of sp³-hybridized carbons (Fsp3) is 0.682. The van der Waals surface area contributed by atoms with E-state index in [-0.39, 0.29) is 17.9 Å². The third-order valence-corrected chi connectivity index (χ3v) is 8.53. The number of benzene rings is 1. The summed E-state index contributed by atoms with van der Waals surface area (Å²) in [4.78, 5) is 14.9. The summed E-state index contributed by atoms with van der Waals surface area (Å²) in [7, 11) is -1.66. The summed E-state index contributed by atoms with van der Waals surface area (Å²) in [6, 6.07) is 5.61. The zero-order valence-electron chi connectivity index (χ0n) is 17.3. The molecule has 1 aromatic carbocycles. The van der Waals surface area contributed by atoms with Gasteiger partial charge in [-0.15, -0.1) is 0 Å². The molecule has 1 aliphatic carbocycles. The van der Waals surface area contributed by atoms with Gasteiger partial charge in [0, 0.05) is 39.2 Å². The Morgan fingerprint density at radius 2 is 1.83 bits per heavy atom. The van der Waals surface area contributed by atoms with Crippen molar-refractivity contribution in [2.45, 2.75) is 62.4 Å². The van der Waals surface area contributed by atoms with Gasteiger partial charge in [-0.3, -0.25) is 4.79 Å². The van der Waals surface area contributed by atoms with E-state index in [1.54, 1.807) is 15.3 Å². The molecule has 1 atom stereocenters. The second kappa shape index (κ2) is 8.74. The first kappa shape index (κ1) is 20.8. The van der Waals surface area contributed by atoms with Crippen LogP contribution in [0.1, 0.15) is 49.7 Å². The van der Waals surface area contributed by atoms with E-state index in [4.69, 9.17) is 4.74 Å². The van der Waals surface area contributed by atoms with E-state index in [0.717, 1.165) is 38.7 Å². The SMILES string of the molecule is CN(CC1CCCO1)C(=O)C1CCN(S(=O)(=O)c2ccc3c(c2)CCCC3)CC1. The number of piperidine rings is 1. The standard InChI is InChI=1S/C22H32N2O4S/c1-23(16-20-7-4-14-28-20)22(25)18-10-12-24(13-11-18)29(26,27)21-9-8-17-5-2-3-6-19(17)15-21/h8-9,15,18,20H,2-7,10-14,16H2,1H3. The zero-order chi connectivity index (χ0) is 20.4. The largest absolute Gasteiger partial charge is 0.376 e. The third-order valence-electron chi connectivity index (χ3n) is 6.64. The molecule has 0 saturated carbocycles. The van der Waals surface area contributed by atoms with E-state index in [0.29, 0.717) is 37.4 Å². The zero-order valence-corrected chi connectivity index (χ0v) is 18.1. The number of hydrogen-bond acceptors (Lipinski definition) is 4. The van der Waals surface area contributed by atoms with Gasteiger partial charge < -0.3 is 9.64 Å². The number of hydrogen-bond donors (Lipinski definition) is 0. The molecule has 7 heteroatoms. The molecule has 3 aliphatic rings. The van der Waals surface area contributed by atoms with Crippen molar-refractivity contribution in [1.29, 1.82) is 0 Å². The number of ether oxygens (including phenoxy) is 1. The fourth-order valence-corrected chi connectivity index (χ4v) is 6.38. The Morgan fingerprint density at radius 3 is 2.52 bits per heavy atom. The molecule has 1 amide bonds. The Kier molecular flexibility index (Phi) is 6.27. The first-order valence-electron chi connectivity index (χ1n) is 10.9. The second-order valence-electron chi connectivity index (χ2n) is 8.67. The number of likely N-dealkylation sites (N-methyl/N-ethyl adjacent to an activating group) is 1. The Morgan fingerprint density at radius 1 is 1.10 bits per heavy atom. The number of carbonyl (C=O) groups is 1. The van der Waals surface area contributed by atoms with Gasteiger partial charge in [-0.25, -0.2) is 8.42 Å². The van der Waals surface area contributed by atoms with Gasteiger partial charge in [0.05, 0.1) is 11.0 Å². The topological polar surface area (TPSA) is 66.9 Å². The maximum atomic E-state index is 13.1. The first-order chi connectivity index (χ1) is 13.9. The molecular formula is C22H32N2O4S. The number of fused-ring (bicyclic) bond motifs is 1. The Balaban J connectivity index is 1.36. The van der Waals surface area contributed by atoms with Crippen molar-refractivity contribution in [2.75, 3.05) is 33.3 Å². The molecule has 1 aromatic rings. The molecule has 29 heavy (non-hydrogen) atoms. The molecule has 4 rings (SSSR count). The van der Waals surface area contributed by atoms with Gasteiger partial charge in [0.1, 0.15) is 0 Å². The van der Waals surface area contributed by atoms with Crippen molar-refractivity contribution in [3.8, 4) is 0 Å². The van der Waals surface area contributed by atoms with E-state index < -0.39 is 10.0 Å². The first-order valence-corrected chi connectivity index (χ1v) is 12.4. The summed E-state index contributed by atoms with van der Waals surface area (Å²) < 4.78 is 33.4. The predicted octanol–water partition coefficient (Wildman–Crippen LogP) is 2.60. The Bertz CT molecular complexity index is 840. The molecule has 0 radical (unpaired) electrons. The lowest BCUT2D eigenvalue weighted by Gasteiger charge is -2.33. The Labute approximate surface area is 174 Å². The molecule has 2 aliphatic heterocycles. The average molecular weight is 421 g/mol. The molecular weight excluding hydrogens is 388 g/mol. The van der Waals surface area contributed by atoms with Gasteiger partial charge in [0.25, 0.3) is 0 Å². The van der Waals surface area contributed by atoms with E-state index in [1.165, 1.54) is 17.5 Å². The van der Waals surface area contributed by atoms with Crippen LogP contribution in [0.4, 0.5) is 0 Å². The highest BCUT2D eigenvalue weighted by Gasteiger charge is 2.34. The highest BCUT2D eigenvalue weighted by molar-refractivity contribution is 7.89. The summed E-state index contributed by atoms with van der Waals surface area (Å²) in [5.74, 6) is 0.0164. The average Bonchev–Trinajstić information content (AvgIpc) is 3.26. The van der Waals surface area contributed by atoms with Crippen LogP contribution in [0.25, 0.3) is 0 Å². The van der Waals surface area contributed by atoms with Crippen LogP contribution in [0, 0.1) is 5.92 Å². The number of nitrogens with zero attached hydrogens (tertiary/aromatic N) is 2. The molecule has 160 valence electrons. The predicted molar refractivity (Wildman–Crippen MR) is 111 cm³/mol. The number of sulfonamides is 1. The van der Waals surface area contributed by atoms with Crippen LogP contribution < -0.4 is 0 Å². The molecule has 2 heterocycles. The van der Waals surface area contributed by atoms with Gasteiger partial charge in [-0.05, 0) is 74.6 Å². The summed E-state index contributed by atoms with van der Waals surface area (Å²) in [5, 5.41) is 0. The smallest absolute Gasteiger partial charge is 0.243 e. The van der Waals surface area contributed by atoms with Crippen molar-refractivity contribution in [1.82, 2.24) is 9.21 Å². The lowest BCUT2D eigenvalue weighted by molar-refractivity contribution is -0.136. The quantitative estimate of drug-likeness (QED) is 0.734. The maximum Gasteiger partial charge on any atom is 0.243 e. The van der Waals surface area contributed by atoms with E-state index in [9.17, 15) is 13.2 Å². The van der Waals surface area contributed by atoms with Crippen LogP contribution in [0.2, 0.25) is 0 Å². The number of amides is 1. The van der Waals surface area contributed by atoms with Gasteiger partial charge in [-0.1, -0.05) is 6.07 Å². The number of aryl methyl sites for hydroxylation is 2. The monoisotopic (exact) mass is 420 g/mol. The second-order valence-corrected chi connectivity index (χ2v) is 10.6. The normalized spacial score (nSPS) is 23.7. The Hall–Kier alpha value is -1.44. The molecule has 2 saturated heterocycles. The van der Waals surface area contributed by atoms with Crippen LogP contribution >= 0.6 is 0 Å². The van der Waals surface area contributed by atoms with Crippen molar-refractivity contribution >= 4 is 15.9 Å². The van der Waals surface area contributed by atoms with Gasteiger partial charge >= 0.3 is 0 Å². The van der Waals surface area contributed by atoms with Crippen molar-refractivity contribution in [3.05, 3.63) is 29.3 Å². The van der Waals surface area contributed by atoms with Gasteiger partial charge in [0.15, 0.2) is 0 Å². The minimum Gasteiger partial charge on any atom is -0.376 e. The van der Waals surface area contributed by atoms with Crippen molar-refractivity contribution < 1.29 is 17.9 Å². The van der Waals surface area contributed by atoms with Crippen LogP contribution in [-0.2, 0) is 32.4 Å². The molecule has 2 fully saturated rings. The van der Waals surface area contributed by atoms with Gasteiger partial charge in [-0.2, -0.15) is 4.31 Å². The lowest BCUT2D eigenvalue weighted by Crippen LogP contribution is -2.44. The number of carbonyl (C=O) groups excluding carboxylic acids is 1. The molecule has 1 unspecified atom stereocenters. The molecule has 0 aromatic heterocycles. The van der Waals surface area contributed by atoms with Crippen LogP contribution in [0.15, 0.2) is 23.1 Å². The van der Waals surface area contributed by atoms with E-state index in [1.807, 2.05) is 19.2 Å². The van der Waals surface area contributed by atoms with Crippen LogP contribution in [0.3, 0.4) is 0 Å². The van der Waals surface area contributed by atoms with Crippen LogP contribution in [0.5, 0.6) is 0 Å². The molecule has 0 bridgehead atoms. The van der Waals surface area contributed by atoms with E-state index >= 15 is 0 Å². The fourth-order valence-electron chi connectivity index (χ4n) is 4.86.